The van der Waals surface area contributed by atoms with Crippen LogP contribution in [0.1, 0.15) is 29.7 Å². The Morgan fingerprint density at radius 1 is 1.25 bits per heavy atom. The number of urea groups is 1. The molecule has 0 aliphatic rings. The number of benzene rings is 1. The minimum absolute atomic E-state index is 0.494. The fraction of sp³-hybridized carbons (Fsp3) is 0.133. The zero-order valence-corrected chi connectivity index (χ0v) is 11.7. The van der Waals surface area contributed by atoms with Gasteiger partial charge in [-0.15, -0.1) is 0 Å². The molecule has 4 nitrogen and oxygen atoms in total. The molecule has 1 unspecified atom stereocenters. The van der Waals surface area contributed by atoms with Gasteiger partial charge in [-0.1, -0.05) is 24.0 Å². The molecule has 0 fully saturated rings. The van der Waals surface area contributed by atoms with Crippen molar-refractivity contribution in [2.75, 3.05) is 0 Å². The molecule has 1 atom stereocenters. The fourth-order valence-corrected chi connectivity index (χ4v) is 2.24. The van der Waals surface area contributed by atoms with Crippen LogP contribution in [0.15, 0.2) is 41.1 Å². The van der Waals surface area contributed by atoms with E-state index in [0.29, 0.717) is 5.06 Å². The Labute approximate surface area is 121 Å². The number of nitrogens with zero attached hydrogens (tertiary/aromatic N) is 1. The van der Waals surface area contributed by atoms with Crippen molar-refractivity contribution in [3.05, 3.63) is 57.8 Å². The van der Waals surface area contributed by atoms with Crippen molar-refractivity contribution in [3.8, 4) is 11.8 Å². The molecule has 5 heteroatoms. The Morgan fingerprint density at radius 2 is 1.90 bits per heavy atom. The van der Waals surface area contributed by atoms with E-state index in [1.54, 1.807) is 18.3 Å². The summed E-state index contributed by atoms with van der Waals surface area (Å²) in [7, 11) is 0. The van der Waals surface area contributed by atoms with E-state index in [1.165, 1.54) is 0 Å². The number of amides is 2. The van der Waals surface area contributed by atoms with Crippen LogP contribution in [0.2, 0.25) is 0 Å². The largest absolute Gasteiger partial charge is 0.350 e. The molecule has 0 bridgehead atoms. The Bertz CT molecular complexity index is 639. The minimum Gasteiger partial charge on any atom is -0.350 e. The lowest BCUT2D eigenvalue weighted by atomic mass is 10.1. The fourth-order valence-electron chi connectivity index (χ4n) is 1.66. The third-order valence-corrected chi connectivity index (χ3v) is 3.54. The molecule has 1 aromatic heterocycles. The summed E-state index contributed by atoms with van der Waals surface area (Å²) in [6, 6.07) is 7.92. The number of hydrogen-bond acceptors (Lipinski definition) is 3. The molecule has 1 heterocycles. The van der Waals surface area contributed by atoms with Gasteiger partial charge in [0.2, 0.25) is 0 Å². The average molecular weight is 286 g/mol. The van der Waals surface area contributed by atoms with Crippen LogP contribution in [0.4, 0.5) is 4.79 Å². The van der Waals surface area contributed by atoms with Gasteiger partial charge in [0, 0.05) is 16.5 Å². The molecule has 2 aromatic rings. The van der Waals surface area contributed by atoms with Crippen LogP contribution in [0, 0.1) is 11.8 Å². The van der Waals surface area contributed by atoms with Crippen molar-refractivity contribution in [3.63, 3.8) is 0 Å². The average Bonchev–Trinajstić information content (AvgIpc) is 2.97. The van der Waals surface area contributed by atoms with Gasteiger partial charge < -0.3 is 5.73 Å². The van der Waals surface area contributed by atoms with E-state index in [2.05, 4.69) is 11.8 Å². The molecule has 0 spiro atoms. The van der Waals surface area contributed by atoms with Crippen LogP contribution in [0.3, 0.4) is 0 Å². The highest BCUT2D eigenvalue weighted by Gasteiger charge is 2.16. The third-order valence-electron chi connectivity index (χ3n) is 2.86. The number of thiophene rings is 1. The normalized spacial score (nSPS) is 11.3. The zero-order chi connectivity index (χ0) is 14.5. The standard InChI is InChI=1S/C15H14N2O2S/c1-11(17(19)15(16)18)14-6-4-12(5-7-14)2-3-13-8-9-20-10-13/h4-11,19H,1H3,(H2,16,18). The summed E-state index contributed by atoms with van der Waals surface area (Å²) >= 11 is 1.61. The Morgan fingerprint density at radius 3 is 2.45 bits per heavy atom. The third kappa shape index (κ3) is 3.38. The maximum absolute atomic E-state index is 10.9. The first-order valence-electron chi connectivity index (χ1n) is 5.99. The highest BCUT2D eigenvalue weighted by molar-refractivity contribution is 7.08. The van der Waals surface area contributed by atoms with Crippen molar-refractivity contribution >= 4 is 17.4 Å². The highest BCUT2D eigenvalue weighted by atomic mass is 32.1. The Hall–Kier alpha value is -2.29. The van der Waals surface area contributed by atoms with E-state index in [-0.39, 0.29) is 0 Å². The molecular formula is C15H14N2O2S. The number of rotatable bonds is 2. The first kappa shape index (κ1) is 14.1. The number of carbonyl (C=O) groups is 1. The summed E-state index contributed by atoms with van der Waals surface area (Å²) in [5, 5.41) is 14.0. The second kappa shape index (κ2) is 6.24. The lowest BCUT2D eigenvalue weighted by Crippen LogP contribution is -2.34. The predicted molar refractivity (Wildman–Crippen MR) is 78.4 cm³/mol. The predicted octanol–water partition coefficient (Wildman–Crippen LogP) is 2.98. The monoisotopic (exact) mass is 286 g/mol. The Balaban J connectivity index is 2.12. The summed E-state index contributed by atoms with van der Waals surface area (Å²) < 4.78 is 0. The van der Waals surface area contributed by atoms with Crippen molar-refractivity contribution in [1.29, 1.82) is 0 Å². The zero-order valence-electron chi connectivity index (χ0n) is 10.9. The van der Waals surface area contributed by atoms with Crippen molar-refractivity contribution < 1.29 is 10.0 Å². The van der Waals surface area contributed by atoms with Gasteiger partial charge in [0.25, 0.3) is 0 Å². The molecule has 1 aromatic carbocycles. The molecule has 0 saturated heterocycles. The van der Waals surface area contributed by atoms with Crippen LogP contribution >= 0.6 is 11.3 Å². The maximum atomic E-state index is 10.9. The molecular weight excluding hydrogens is 272 g/mol. The molecule has 102 valence electrons. The summed E-state index contributed by atoms with van der Waals surface area (Å²) in [6.45, 7) is 1.69. The molecule has 20 heavy (non-hydrogen) atoms. The second-order valence-electron chi connectivity index (χ2n) is 4.24. The molecule has 0 saturated carbocycles. The van der Waals surface area contributed by atoms with E-state index in [4.69, 9.17) is 5.73 Å². The van der Waals surface area contributed by atoms with Gasteiger partial charge in [0.1, 0.15) is 0 Å². The first-order chi connectivity index (χ1) is 9.58. The number of primary amides is 1. The van der Waals surface area contributed by atoms with Gasteiger partial charge in [-0.2, -0.15) is 16.4 Å². The maximum Gasteiger partial charge on any atom is 0.339 e. The summed E-state index contributed by atoms with van der Waals surface area (Å²) in [5.74, 6) is 6.11. The van der Waals surface area contributed by atoms with E-state index in [0.717, 1.165) is 16.7 Å². The van der Waals surface area contributed by atoms with Crippen molar-refractivity contribution in [2.45, 2.75) is 13.0 Å². The molecule has 0 aliphatic heterocycles. The number of hydrogen-bond donors (Lipinski definition) is 2. The lowest BCUT2D eigenvalue weighted by Gasteiger charge is -2.20. The smallest absolute Gasteiger partial charge is 0.339 e. The van der Waals surface area contributed by atoms with E-state index < -0.39 is 12.1 Å². The van der Waals surface area contributed by atoms with Crippen LogP contribution in [-0.4, -0.2) is 16.3 Å². The number of nitrogens with two attached hydrogens (primary N) is 1. The van der Waals surface area contributed by atoms with Gasteiger partial charge >= 0.3 is 6.03 Å². The van der Waals surface area contributed by atoms with Crippen LogP contribution in [0.5, 0.6) is 0 Å². The molecule has 0 radical (unpaired) electrons. The quantitative estimate of drug-likeness (QED) is 0.506. The van der Waals surface area contributed by atoms with E-state index >= 15 is 0 Å². The van der Waals surface area contributed by atoms with Crippen molar-refractivity contribution in [2.24, 2.45) is 5.73 Å². The summed E-state index contributed by atoms with van der Waals surface area (Å²) in [5.41, 5.74) is 7.67. The summed E-state index contributed by atoms with van der Waals surface area (Å²) in [6.07, 6.45) is 0. The second-order valence-corrected chi connectivity index (χ2v) is 5.02. The summed E-state index contributed by atoms with van der Waals surface area (Å²) in [4.78, 5) is 10.9. The SMILES string of the molecule is CC(c1ccc(C#Cc2ccsc2)cc1)N(O)C(N)=O. The molecule has 2 rings (SSSR count). The van der Waals surface area contributed by atoms with Crippen LogP contribution < -0.4 is 5.73 Å². The van der Waals surface area contributed by atoms with Gasteiger partial charge in [0.15, 0.2) is 0 Å². The van der Waals surface area contributed by atoms with Gasteiger partial charge in [0.05, 0.1) is 6.04 Å². The van der Waals surface area contributed by atoms with Crippen molar-refractivity contribution in [1.82, 2.24) is 5.06 Å². The molecule has 2 amide bonds. The van der Waals surface area contributed by atoms with E-state index in [9.17, 15) is 10.0 Å². The highest BCUT2D eigenvalue weighted by Crippen LogP contribution is 2.18. The topological polar surface area (TPSA) is 66.6 Å². The first-order valence-corrected chi connectivity index (χ1v) is 6.94. The van der Waals surface area contributed by atoms with Gasteiger partial charge in [-0.25, -0.2) is 4.79 Å². The Kier molecular flexibility index (Phi) is 4.41. The molecule has 3 N–H and O–H groups in total. The van der Waals surface area contributed by atoms with Crippen LogP contribution in [0.25, 0.3) is 0 Å². The van der Waals surface area contributed by atoms with Gasteiger partial charge in [-0.05, 0) is 36.1 Å². The van der Waals surface area contributed by atoms with Gasteiger partial charge in [-0.3, -0.25) is 5.21 Å². The lowest BCUT2D eigenvalue weighted by molar-refractivity contribution is -0.0709. The van der Waals surface area contributed by atoms with E-state index in [1.807, 2.05) is 41.1 Å². The molecule has 0 aliphatic carbocycles. The van der Waals surface area contributed by atoms with Crippen LogP contribution in [-0.2, 0) is 0 Å². The number of carbonyl (C=O) groups excluding carboxylic acids is 1. The number of hydroxylamine groups is 2. The minimum atomic E-state index is -0.876.